The Bertz CT molecular complexity index is 1290. The number of aromatic nitrogens is 1. The van der Waals surface area contributed by atoms with Crippen LogP contribution >= 0.6 is 23.2 Å². The van der Waals surface area contributed by atoms with Gasteiger partial charge in [-0.15, -0.1) is 6.42 Å². The maximum Gasteiger partial charge on any atom is 0.356 e. The SMILES string of the molecule is C#Cc1c(C(=O)OC)n(COCC[Si](C)(C)C)c2cc(Cl)cc(Cl)c12.O=C1Nc2cccc1c2. The zero-order valence-electron chi connectivity index (χ0n) is 19.5. The number of nitrogens with one attached hydrogen (secondary N) is 1. The van der Waals surface area contributed by atoms with Gasteiger partial charge in [0.05, 0.1) is 23.2 Å². The number of hydrogen-bond donors (Lipinski definition) is 1. The molecule has 34 heavy (non-hydrogen) atoms. The summed E-state index contributed by atoms with van der Waals surface area (Å²) in [6.45, 7) is 7.60. The maximum atomic E-state index is 12.3. The van der Waals surface area contributed by atoms with Gasteiger partial charge in [0.2, 0.25) is 0 Å². The fraction of sp³-hybridized carbons (Fsp3) is 0.280. The fourth-order valence-electron chi connectivity index (χ4n) is 3.45. The summed E-state index contributed by atoms with van der Waals surface area (Å²) in [5.74, 6) is 2.02. The molecule has 0 fully saturated rings. The highest BCUT2D eigenvalue weighted by atomic mass is 35.5. The molecule has 0 unspecified atom stereocenters. The van der Waals surface area contributed by atoms with E-state index in [1.165, 1.54) is 7.11 Å². The van der Waals surface area contributed by atoms with Crippen molar-refractivity contribution in [1.29, 1.82) is 0 Å². The number of rotatable bonds is 6. The summed E-state index contributed by atoms with van der Waals surface area (Å²) in [5, 5.41) is 4.13. The number of benzene rings is 2. The Morgan fingerprint density at radius 2 is 1.94 bits per heavy atom. The zero-order valence-corrected chi connectivity index (χ0v) is 22.0. The molecule has 0 saturated heterocycles. The topological polar surface area (TPSA) is 69.6 Å². The molecule has 178 valence electrons. The molecule has 1 N–H and O–H groups in total. The summed E-state index contributed by atoms with van der Waals surface area (Å²) >= 11 is 12.5. The van der Waals surface area contributed by atoms with E-state index in [1.807, 2.05) is 18.2 Å². The molecule has 1 amide bonds. The van der Waals surface area contributed by atoms with Crippen LogP contribution in [-0.4, -0.2) is 38.2 Å². The Balaban J connectivity index is 0.000000296. The van der Waals surface area contributed by atoms with E-state index in [0.29, 0.717) is 33.1 Å². The quantitative estimate of drug-likeness (QED) is 0.181. The molecule has 6 nitrogen and oxygen atoms in total. The lowest BCUT2D eigenvalue weighted by Crippen LogP contribution is -2.22. The molecule has 4 rings (SSSR count). The number of halogens is 2. The molecule has 1 aromatic heterocycles. The Morgan fingerprint density at radius 1 is 1.21 bits per heavy atom. The van der Waals surface area contributed by atoms with Gasteiger partial charge in [-0.25, -0.2) is 4.79 Å². The first kappa shape index (κ1) is 25.9. The standard InChI is InChI=1S/C18H21Cl2NO3Si.C7H5NO/c1-6-13-16-14(20)9-12(19)10-15(16)21(17(13)18(22)23-2)11-24-7-8-25(3,4)5;9-7-5-2-1-3-6(4-5)8-7/h1,9-10H,7-8,11H2,2-5H3;1-4H,(H,8,9). The summed E-state index contributed by atoms with van der Waals surface area (Å²) in [6.07, 6.45) is 5.64. The number of methoxy groups -OCH3 is 1. The second-order valence-electron chi connectivity index (χ2n) is 8.95. The number of ether oxygens (including phenoxy) is 2. The zero-order chi connectivity index (χ0) is 25.0. The maximum absolute atomic E-state index is 12.3. The number of carbonyl (C=O) groups is 2. The molecule has 0 atom stereocenters. The highest BCUT2D eigenvalue weighted by Gasteiger charge is 2.25. The van der Waals surface area contributed by atoms with Crippen LogP contribution in [0.4, 0.5) is 5.69 Å². The van der Waals surface area contributed by atoms with Crippen molar-refractivity contribution in [2.24, 2.45) is 0 Å². The monoisotopic (exact) mass is 516 g/mol. The van der Waals surface area contributed by atoms with Crippen LogP contribution in [0.25, 0.3) is 10.9 Å². The molecule has 2 heterocycles. The first-order chi connectivity index (χ1) is 16.1. The van der Waals surface area contributed by atoms with E-state index in [-0.39, 0.29) is 18.3 Å². The van der Waals surface area contributed by atoms with E-state index in [2.05, 4.69) is 30.9 Å². The van der Waals surface area contributed by atoms with E-state index in [1.54, 1.807) is 22.8 Å². The Hall–Kier alpha value is -2.76. The molecule has 0 radical (unpaired) electrons. The number of amides is 1. The van der Waals surface area contributed by atoms with Gasteiger partial charge in [0, 0.05) is 36.3 Å². The number of anilines is 1. The van der Waals surface area contributed by atoms with Crippen LogP contribution in [0.2, 0.25) is 35.7 Å². The fourth-order valence-corrected chi connectivity index (χ4v) is 4.79. The van der Waals surface area contributed by atoms with E-state index in [4.69, 9.17) is 39.1 Å². The van der Waals surface area contributed by atoms with Gasteiger partial charge in [-0.2, -0.15) is 0 Å². The first-order valence-corrected chi connectivity index (χ1v) is 15.1. The minimum atomic E-state index is -1.21. The predicted octanol–water partition coefficient (Wildman–Crippen LogP) is 6.28. The van der Waals surface area contributed by atoms with Crippen molar-refractivity contribution < 1.29 is 19.1 Å². The van der Waals surface area contributed by atoms with Crippen LogP contribution in [0, 0.1) is 12.3 Å². The lowest BCUT2D eigenvalue weighted by molar-refractivity contribution is 0.0545. The van der Waals surface area contributed by atoms with Crippen molar-refractivity contribution in [2.45, 2.75) is 32.4 Å². The van der Waals surface area contributed by atoms with Gasteiger partial charge < -0.3 is 19.4 Å². The number of nitrogens with zero attached hydrogens (tertiary/aromatic N) is 1. The third-order valence-electron chi connectivity index (χ3n) is 5.20. The molecule has 1 aliphatic heterocycles. The molecular formula is C25H26Cl2N2O4Si. The molecule has 2 bridgehead atoms. The summed E-state index contributed by atoms with van der Waals surface area (Å²) < 4.78 is 12.4. The van der Waals surface area contributed by atoms with Crippen LogP contribution in [0.15, 0.2) is 36.4 Å². The smallest absolute Gasteiger partial charge is 0.356 e. The Labute approximate surface area is 210 Å². The average Bonchev–Trinajstić information content (AvgIpc) is 3.22. The molecule has 0 saturated carbocycles. The normalized spacial score (nSPS) is 12.1. The van der Waals surface area contributed by atoms with E-state index in [9.17, 15) is 9.59 Å². The van der Waals surface area contributed by atoms with Crippen molar-refractivity contribution in [3.05, 3.63) is 63.3 Å². The second-order valence-corrected chi connectivity index (χ2v) is 15.4. The van der Waals surface area contributed by atoms with Crippen molar-refractivity contribution in [3.63, 3.8) is 0 Å². The van der Waals surface area contributed by atoms with Crippen molar-refractivity contribution >= 4 is 59.7 Å². The van der Waals surface area contributed by atoms with Crippen LogP contribution < -0.4 is 5.32 Å². The number of fused-ring (bicyclic) bond motifs is 3. The second kappa shape index (κ2) is 10.7. The third kappa shape index (κ3) is 5.83. The highest BCUT2D eigenvalue weighted by molar-refractivity contribution is 6.76. The molecule has 9 heteroatoms. The highest BCUT2D eigenvalue weighted by Crippen LogP contribution is 2.35. The van der Waals surface area contributed by atoms with Crippen LogP contribution in [0.1, 0.15) is 26.4 Å². The predicted molar refractivity (Wildman–Crippen MR) is 140 cm³/mol. The van der Waals surface area contributed by atoms with E-state index >= 15 is 0 Å². The largest absolute Gasteiger partial charge is 0.464 e. The van der Waals surface area contributed by atoms with Gasteiger partial charge in [-0.05, 0) is 36.4 Å². The number of carbonyl (C=O) groups excluding carboxylic acids is 2. The minimum Gasteiger partial charge on any atom is -0.464 e. The van der Waals surface area contributed by atoms with Crippen LogP contribution in [0.5, 0.6) is 0 Å². The van der Waals surface area contributed by atoms with Gasteiger partial charge >= 0.3 is 5.97 Å². The number of hydrogen-bond acceptors (Lipinski definition) is 4. The molecule has 0 spiro atoms. The summed E-state index contributed by atoms with van der Waals surface area (Å²) in [4.78, 5) is 23.1. The van der Waals surface area contributed by atoms with Crippen LogP contribution in [-0.2, 0) is 16.2 Å². The minimum absolute atomic E-state index is 0.00926. The summed E-state index contributed by atoms with van der Waals surface area (Å²) in [7, 11) is 0.0994. The third-order valence-corrected chi connectivity index (χ3v) is 7.42. The van der Waals surface area contributed by atoms with Crippen molar-refractivity contribution in [1.82, 2.24) is 4.57 Å². The average molecular weight is 517 g/mol. The molecule has 3 aromatic rings. The Kier molecular flexibility index (Phi) is 8.11. The van der Waals surface area contributed by atoms with Gasteiger partial charge in [0.15, 0.2) is 0 Å². The summed E-state index contributed by atoms with van der Waals surface area (Å²) in [5.41, 5.74) is 2.94. The van der Waals surface area contributed by atoms with E-state index in [0.717, 1.165) is 17.3 Å². The van der Waals surface area contributed by atoms with Gasteiger partial charge in [0.1, 0.15) is 12.4 Å². The molecular weight excluding hydrogens is 491 g/mol. The van der Waals surface area contributed by atoms with E-state index < -0.39 is 14.0 Å². The lowest BCUT2D eigenvalue weighted by Gasteiger charge is -2.16. The summed E-state index contributed by atoms with van der Waals surface area (Å²) in [6, 6.07) is 11.7. The molecule has 2 aromatic carbocycles. The van der Waals surface area contributed by atoms with Crippen molar-refractivity contribution in [3.8, 4) is 12.3 Å². The lowest BCUT2D eigenvalue weighted by atomic mass is 10.1. The van der Waals surface area contributed by atoms with Crippen molar-refractivity contribution in [2.75, 3.05) is 19.0 Å². The molecule has 1 aliphatic rings. The van der Waals surface area contributed by atoms with Gasteiger partial charge in [-0.1, -0.05) is 54.8 Å². The van der Waals surface area contributed by atoms with Gasteiger partial charge in [-0.3, -0.25) is 4.79 Å². The first-order valence-electron chi connectivity index (χ1n) is 10.6. The number of esters is 1. The van der Waals surface area contributed by atoms with Gasteiger partial charge in [0.25, 0.3) is 5.91 Å². The van der Waals surface area contributed by atoms with Crippen LogP contribution in [0.3, 0.4) is 0 Å². The number of terminal acetylenes is 1. The molecule has 0 aliphatic carbocycles. The Morgan fingerprint density at radius 3 is 2.53 bits per heavy atom.